The molecule has 6 nitrogen and oxygen atoms in total. The second-order valence-corrected chi connectivity index (χ2v) is 7.72. The maximum atomic E-state index is 12.1. The maximum absolute atomic E-state index is 12.1. The molecule has 26 heavy (non-hydrogen) atoms. The van der Waals surface area contributed by atoms with Crippen molar-refractivity contribution in [3.8, 4) is 0 Å². The first-order valence-electron chi connectivity index (χ1n) is 8.28. The van der Waals surface area contributed by atoms with Crippen molar-refractivity contribution in [2.45, 2.75) is 19.8 Å². The van der Waals surface area contributed by atoms with Gasteiger partial charge in [0.15, 0.2) is 5.78 Å². The van der Waals surface area contributed by atoms with Crippen LogP contribution < -0.4 is 10.0 Å². The van der Waals surface area contributed by atoms with Crippen LogP contribution in [0, 0.1) is 6.92 Å². The number of ketones is 1. The molecular formula is C19H22N2O4S. The Morgan fingerprint density at radius 3 is 2.27 bits per heavy atom. The average Bonchev–Trinajstić information content (AvgIpc) is 2.60. The third kappa shape index (κ3) is 6.33. The minimum atomic E-state index is -3.54. The lowest BCUT2D eigenvalue weighted by molar-refractivity contribution is -0.120. The zero-order valence-corrected chi connectivity index (χ0v) is 15.4. The van der Waals surface area contributed by atoms with Crippen LogP contribution in [0.2, 0.25) is 0 Å². The van der Waals surface area contributed by atoms with E-state index in [0.29, 0.717) is 11.3 Å². The van der Waals surface area contributed by atoms with Crippen LogP contribution in [0.4, 0.5) is 5.69 Å². The summed E-state index contributed by atoms with van der Waals surface area (Å²) in [6.07, 6.45) is 0.116. The number of hydrogen-bond acceptors (Lipinski definition) is 4. The predicted octanol–water partition coefficient (Wildman–Crippen LogP) is 2.52. The van der Waals surface area contributed by atoms with E-state index in [1.807, 2.05) is 19.1 Å². The number of rotatable bonds is 9. The van der Waals surface area contributed by atoms with Gasteiger partial charge in [-0.2, -0.15) is 0 Å². The molecule has 0 spiro atoms. The zero-order chi connectivity index (χ0) is 19.0. The molecule has 138 valence electrons. The fourth-order valence-electron chi connectivity index (χ4n) is 2.40. The van der Waals surface area contributed by atoms with Crippen LogP contribution >= 0.6 is 0 Å². The van der Waals surface area contributed by atoms with Crippen molar-refractivity contribution in [3.63, 3.8) is 0 Å². The van der Waals surface area contributed by atoms with E-state index in [9.17, 15) is 18.0 Å². The summed E-state index contributed by atoms with van der Waals surface area (Å²) in [6.45, 7) is 1.83. The molecule has 2 aromatic rings. The molecule has 0 unspecified atom stereocenters. The fourth-order valence-corrected chi connectivity index (χ4v) is 3.37. The maximum Gasteiger partial charge on any atom is 0.234 e. The third-order valence-corrected chi connectivity index (χ3v) is 5.05. The molecule has 0 atom stereocenters. The monoisotopic (exact) mass is 374 g/mol. The molecule has 1 amide bonds. The number of benzene rings is 2. The minimum absolute atomic E-state index is 0.0143. The van der Waals surface area contributed by atoms with E-state index >= 15 is 0 Å². The van der Waals surface area contributed by atoms with E-state index in [4.69, 9.17) is 0 Å². The van der Waals surface area contributed by atoms with Crippen LogP contribution in [0.3, 0.4) is 0 Å². The molecule has 0 saturated carbocycles. The van der Waals surface area contributed by atoms with Gasteiger partial charge in [0.2, 0.25) is 15.9 Å². The Bertz CT molecular complexity index is 864. The Balaban J connectivity index is 1.73. The second kappa shape index (κ2) is 9.15. The number of carbonyl (C=O) groups excluding carboxylic acids is 2. The van der Waals surface area contributed by atoms with Crippen molar-refractivity contribution in [3.05, 3.63) is 65.7 Å². The molecule has 0 fully saturated rings. The molecule has 0 bridgehead atoms. The fraction of sp³-hybridized carbons (Fsp3) is 0.263. The summed E-state index contributed by atoms with van der Waals surface area (Å²) in [7, 11) is -3.54. The summed E-state index contributed by atoms with van der Waals surface area (Å²) < 4.78 is 26.3. The van der Waals surface area contributed by atoms with Gasteiger partial charge in [0.05, 0.1) is 5.75 Å². The van der Waals surface area contributed by atoms with E-state index in [0.717, 1.165) is 5.56 Å². The number of sulfonamides is 1. The molecule has 0 radical (unpaired) electrons. The first-order chi connectivity index (χ1) is 12.4. The Morgan fingerprint density at radius 2 is 1.58 bits per heavy atom. The lowest BCUT2D eigenvalue weighted by Crippen LogP contribution is -2.31. The largest absolute Gasteiger partial charge is 0.355 e. The molecule has 0 heterocycles. The number of amides is 1. The van der Waals surface area contributed by atoms with E-state index in [1.165, 1.54) is 0 Å². The van der Waals surface area contributed by atoms with Gasteiger partial charge in [0.1, 0.15) is 0 Å². The highest BCUT2D eigenvalue weighted by Gasteiger charge is 2.13. The summed E-state index contributed by atoms with van der Waals surface area (Å²) in [5, 5.41) is 2.54. The SMILES string of the molecule is Cc1ccccc1C(=O)CCC(=O)NCCS(=O)(=O)Nc1ccccc1. The molecule has 2 aromatic carbocycles. The summed E-state index contributed by atoms with van der Waals surface area (Å²) >= 11 is 0. The Morgan fingerprint density at radius 1 is 0.923 bits per heavy atom. The van der Waals surface area contributed by atoms with Gasteiger partial charge < -0.3 is 5.32 Å². The molecule has 0 aliphatic heterocycles. The van der Waals surface area contributed by atoms with E-state index in [1.54, 1.807) is 42.5 Å². The van der Waals surface area contributed by atoms with Gasteiger partial charge in [-0.15, -0.1) is 0 Å². The summed E-state index contributed by atoms with van der Waals surface area (Å²) in [5.74, 6) is -0.683. The molecule has 7 heteroatoms. The van der Waals surface area contributed by atoms with Crippen LogP contribution in [0.1, 0.15) is 28.8 Å². The number of Topliss-reactive ketones (excluding diaryl/α,β-unsaturated/α-hetero) is 1. The van der Waals surface area contributed by atoms with Crippen LogP contribution in [0.15, 0.2) is 54.6 Å². The topological polar surface area (TPSA) is 92.3 Å². The summed E-state index contributed by atoms with van der Waals surface area (Å²) in [4.78, 5) is 23.9. The molecule has 2 N–H and O–H groups in total. The van der Waals surface area contributed by atoms with Crippen LogP contribution in [0.25, 0.3) is 0 Å². The van der Waals surface area contributed by atoms with Crippen LogP contribution in [-0.2, 0) is 14.8 Å². The smallest absolute Gasteiger partial charge is 0.234 e. The van der Waals surface area contributed by atoms with Crippen LogP contribution in [-0.4, -0.2) is 32.4 Å². The van der Waals surface area contributed by atoms with Gasteiger partial charge in [-0.1, -0.05) is 42.5 Å². The summed E-state index contributed by atoms with van der Waals surface area (Å²) in [5.41, 5.74) is 1.95. The number of nitrogens with one attached hydrogen (secondary N) is 2. The first-order valence-corrected chi connectivity index (χ1v) is 9.94. The van der Waals surface area contributed by atoms with Gasteiger partial charge in [-0.05, 0) is 24.6 Å². The molecule has 0 aromatic heterocycles. The number of anilines is 1. The minimum Gasteiger partial charge on any atom is -0.355 e. The Kier molecular flexibility index (Phi) is 6.91. The van der Waals surface area contributed by atoms with Gasteiger partial charge in [-0.3, -0.25) is 14.3 Å². The highest BCUT2D eigenvalue weighted by molar-refractivity contribution is 7.92. The number of hydrogen-bond donors (Lipinski definition) is 2. The molecule has 2 rings (SSSR count). The lowest BCUT2D eigenvalue weighted by atomic mass is 10.0. The Labute approximate surface area is 153 Å². The van der Waals surface area contributed by atoms with Crippen molar-refractivity contribution in [2.24, 2.45) is 0 Å². The standard InChI is InChI=1S/C19H22N2O4S/c1-15-7-5-6-10-17(15)18(22)11-12-19(23)20-13-14-26(24,25)21-16-8-3-2-4-9-16/h2-10,21H,11-14H2,1H3,(H,20,23). The Hall–Kier alpha value is -2.67. The average molecular weight is 374 g/mol. The van der Waals surface area contributed by atoms with E-state index in [2.05, 4.69) is 10.0 Å². The van der Waals surface area contributed by atoms with E-state index < -0.39 is 10.0 Å². The normalized spacial score (nSPS) is 11.0. The predicted molar refractivity (Wildman–Crippen MR) is 102 cm³/mol. The molecule has 0 aliphatic rings. The van der Waals surface area contributed by atoms with Crippen molar-refractivity contribution < 1.29 is 18.0 Å². The van der Waals surface area contributed by atoms with Gasteiger partial charge >= 0.3 is 0 Å². The number of aryl methyl sites for hydroxylation is 1. The van der Waals surface area contributed by atoms with Crippen molar-refractivity contribution in [2.75, 3.05) is 17.0 Å². The highest BCUT2D eigenvalue weighted by atomic mass is 32.2. The number of carbonyl (C=O) groups is 2. The quantitative estimate of drug-likeness (QED) is 0.660. The van der Waals surface area contributed by atoms with Gasteiger partial charge in [-0.25, -0.2) is 8.42 Å². The van der Waals surface area contributed by atoms with Gasteiger partial charge in [0.25, 0.3) is 0 Å². The summed E-state index contributed by atoms with van der Waals surface area (Å²) in [6, 6.07) is 15.7. The zero-order valence-electron chi connectivity index (χ0n) is 14.6. The second-order valence-electron chi connectivity index (χ2n) is 5.88. The van der Waals surface area contributed by atoms with Crippen molar-refractivity contribution in [1.82, 2.24) is 5.32 Å². The number of para-hydroxylation sites is 1. The van der Waals surface area contributed by atoms with E-state index in [-0.39, 0.29) is 36.8 Å². The highest BCUT2D eigenvalue weighted by Crippen LogP contribution is 2.11. The van der Waals surface area contributed by atoms with Crippen molar-refractivity contribution >= 4 is 27.4 Å². The molecular weight excluding hydrogens is 352 g/mol. The lowest BCUT2D eigenvalue weighted by Gasteiger charge is -2.09. The van der Waals surface area contributed by atoms with Crippen LogP contribution in [0.5, 0.6) is 0 Å². The first kappa shape index (κ1) is 19.7. The molecule has 0 aliphatic carbocycles. The van der Waals surface area contributed by atoms with Crippen molar-refractivity contribution in [1.29, 1.82) is 0 Å². The molecule has 0 saturated heterocycles. The van der Waals surface area contributed by atoms with Gasteiger partial charge in [0, 0.05) is 30.6 Å². The third-order valence-electron chi connectivity index (χ3n) is 3.76.